The second-order valence-corrected chi connectivity index (χ2v) is 11.0. The zero-order valence-corrected chi connectivity index (χ0v) is 24.9. The van der Waals surface area contributed by atoms with E-state index in [2.05, 4.69) is 16.0 Å². The van der Waals surface area contributed by atoms with Crippen LogP contribution in [0.4, 0.5) is 4.79 Å². The monoisotopic (exact) mass is 599 g/mol. The number of carbonyl (C=O) groups excluding carboxylic acids is 4. The molecule has 2 aromatic rings. The number of alkyl carbamates (subject to hydrolysis) is 1. The number of aliphatic carboxylic acids is 1. The van der Waals surface area contributed by atoms with Gasteiger partial charge in [0.1, 0.15) is 23.7 Å². The molecule has 0 aliphatic rings. The van der Waals surface area contributed by atoms with Crippen molar-refractivity contribution in [1.29, 1.82) is 0 Å². The first-order valence-corrected chi connectivity index (χ1v) is 13.9. The van der Waals surface area contributed by atoms with Crippen LogP contribution in [0, 0.1) is 0 Å². The summed E-state index contributed by atoms with van der Waals surface area (Å²) in [5.41, 5.74) is 0.725. The van der Waals surface area contributed by atoms with E-state index in [1.807, 2.05) is 30.3 Å². The summed E-state index contributed by atoms with van der Waals surface area (Å²) >= 11 is 0. The number of hydrogen-bond acceptors (Lipinski definition) is 8. The molecule has 12 nitrogen and oxygen atoms in total. The highest BCUT2D eigenvalue weighted by atomic mass is 16.6. The van der Waals surface area contributed by atoms with Gasteiger partial charge in [0.2, 0.25) is 11.8 Å². The predicted molar refractivity (Wildman–Crippen MR) is 157 cm³/mol. The number of aryl methyl sites for hydroxylation is 1. The number of amides is 3. The van der Waals surface area contributed by atoms with Gasteiger partial charge >= 0.3 is 18.0 Å². The van der Waals surface area contributed by atoms with Gasteiger partial charge in [0.15, 0.2) is 0 Å². The van der Waals surface area contributed by atoms with E-state index in [-0.39, 0.29) is 19.3 Å². The first-order valence-electron chi connectivity index (χ1n) is 13.9. The van der Waals surface area contributed by atoms with Crippen molar-refractivity contribution in [2.45, 2.75) is 82.7 Å². The molecule has 12 heteroatoms. The van der Waals surface area contributed by atoms with Gasteiger partial charge in [-0.3, -0.25) is 14.4 Å². The Labute approximate surface area is 251 Å². The van der Waals surface area contributed by atoms with E-state index in [9.17, 15) is 34.2 Å². The molecule has 0 unspecified atom stereocenters. The van der Waals surface area contributed by atoms with E-state index in [0.29, 0.717) is 6.42 Å². The quantitative estimate of drug-likeness (QED) is 0.192. The summed E-state index contributed by atoms with van der Waals surface area (Å²) in [6.07, 6.45) is -2.63. The van der Waals surface area contributed by atoms with Gasteiger partial charge in [0.25, 0.3) is 0 Å². The summed E-state index contributed by atoms with van der Waals surface area (Å²) in [6.45, 7) is 4.90. The minimum Gasteiger partial charge on any atom is -0.481 e. The van der Waals surface area contributed by atoms with Gasteiger partial charge in [0, 0.05) is 12.8 Å². The summed E-state index contributed by atoms with van der Waals surface area (Å²) in [7, 11) is 1.17. The Balaban J connectivity index is 2.26. The maximum Gasteiger partial charge on any atom is 0.408 e. The molecule has 0 radical (unpaired) electrons. The summed E-state index contributed by atoms with van der Waals surface area (Å²) in [5, 5.41) is 27.6. The number of carboxylic acid groups (broad SMARTS) is 1. The average Bonchev–Trinajstić information content (AvgIpc) is 2.95. The highest BCUT2D eigenvalue weighted by Gasteiger charge is 2.34. The minimum absolute atomic E-state index is 0.0748. The molecule has 3 amide bonds. The molecular weight excluding hydrogens is 558 g/mol. The van der Waals surface area contributed by atoms with E-state index in [4.69, 9.17) is 9.47 Å². The number of hydrogen-bond donors (Lipinski definition) is 5. The van der Waals surface area contributed by atoms with Crippen LogP contribution in [0.2, 0.25) is 0 Å². The fourth-order valence-electron chi connectivity index (χ4n) is 4.15. The fraction of sp³-hybridized carbons (Fsp3) is 0.452. The summed E-state index contributed by atoms with van der Waals surface area (Å²) in [4.78, 5) is 63.2. The Hall–Kier alpha value is -4.45. The second-order valence-electron chi connectivity index (χ2n) is 11.0. The zero-order valence-electron chi connectivity index (χ0n) is 24.9. The molecule has 2 rings (SSSR count). The number of nitrogens with one attached hydrogen (secondary N) is 3. The van der Waals surface area contributed by atoms with Gasteiger partial charge in [0.05, 0.1) is 13.2 Å². The Morgan fingerprint density at radius 2 is 1.35 bits per heavy atom. The molecule has 0 saturated heterocycles. The maximum atomic E-state index is 13.5. The predicted octanol–water partition coefficient (Wildman–Crippen LogP) is 2.12. The maximum absolute atomic E-state index is 13.5. The molecule has 0 fully saturated rings. The van der Waals surface area contributed by atoms with Gasteiger partial charge in [-0.05, 0) is 51.2 Å². The molecule has 234 valence electrons. The van der Waals surface area contributed by atoms with Crippen molar-refractivity contribution in [3.05, 3.63) is 71.8 Å². The number of ether oxygens (including phenoxy) is 2. The summed E-state index contributed by atoms with van der Waals surface area (Å²) < 4.78 is 10.1. The van der Waals surface area contributed by atoms with Crippen LogP contribution in [0.3, 0.4) is 0 Å². The van der Waals surface area contributed by atoms with E-state index in [1.54, 1.807) is 51.1 Å². The van der Waals surface area contributed by atoms with Crippen LogP contribution in [0.1, 0.15) is 51.2 Å². The Kier molecular flexibility index (Phi) is 13.6. The summed E-state index contributed by atoms with van der Waals surface area (Å²) in [6, 6.07) is 14.0. The number of carboxylic acids is 1. The number of methoxy groups -OCH3 is 1. The van der Waals surface area contributed by atoms with Gasteiger partial charge in [-0.25, -0.2) is 9.59 Å². The Bertz CT molecular complexity index is 1220. The largest absolute Gasteiger partial charge is 0.481 e. The lowest BCUT2D eigenvalue weighted by Gasteiger charge is -2.28. The number of aliphatic hydroxyl groups excluding tert-OH is 1. The SMILES string of the molecule is COC(=O)[C@H](Cc1ccccc1)NC(=O)[C@H](CCC(=O)O)NC(=O)[C@@H](NC(=O)OC(C)(C)C)[C@@H](O)CCc1ccccc1. The lowest BCUT2D eigenvalue weighted by atomic mass is 10.0. The Morgan fingerprint density at radius 1 is 0.791 bits per heavy atom. The van der Waals surface area contributed by atoms with Crippen LogP contribution >= 0.6 is 0 Å². The molecule has 0 heterocycles. The molecule has 43 heavy (non-hydrogen) atoms. The van der Waals surface area contributed by atoms with Crippen molar-refractivity contribution in [1.82, 2.24) is 16.0 Å². The van der Waals surface area contributed by atoms with Crippen molar-refractivity contribution in [2.24, 2.45) is 0 Å². The van der Waals surface area contributed by atoms with Crippen LogP contribution in [0.5, 0.6) is 0 Å². The Morgan fingerprint density at radius 3 is 1.88 bits per heavy atom. The molecule has 0 aliphatic heterocycles. The van der Waals surface area contributed by atoms with Crippen molar-refractivity contribution >= 4 is 29.8 Å². The smallest absolute Gasteiger partial charge is 0.408 e. The van der Waals surface area contributed by atoms with E-state index >= 15 is 0 Å². The van der Waals surface area contributed by atoms with Gasteiger partial charge in [-0.2, -0.15) is 0 Å². The van der Waals surface area contributed by atoms with Gasteiger partial charge in [-0.15, -0.1) is 0 Å². The molecule has 4 atom stereocenters. The van der Waals surface area contributed by atoms with Crippen molar-refractivity contribution < 1.29 is 43.7 Å². The first kappa shape index (κ1) is 34.7. The van der Waals surface area contributed by atoms with E-state index in [0.717, 1.165) is 11.1 Å². The fourth-order valence-corrected chi connectivity index (χ4v) is 4.15. The normalized spacial score (nSPS) is 13.9. The molecule has 2 aromatic carbocycles. The molecule has 5 N–H and O–H groups in total. The molecule has 0 saturated carbocycles. The molecule has 0 bridgehead atoms. The van der Waals surface area contributed by atoms with Crippen molar-refractivity contribution in [2.75, 3.05) is 7.11 Å². The highest BCUT2D eigenvalue weighted by Crippen LogP contribution is 2.12. The van der Waals surface area contributed by atoms with Crippen LogP contribution < -0.4 is 16.0 Å². The molecule has 0 spiro atoms. The number of rotatable bonds is 15. The number of carbonyl (C=O) groups is 5. The van der Waals surface area contributed by atoms with Crippen molar-refractivity contribution in [3.63, 3.8) is 0 Å². The second kappa shape index (κ2) is 16.9. The standard InChI is InChI=1S/C31H41N3O9/c1-31(2,3)43-30(41)34-26(24(35)17-15-20-11-7-5-8-12-20)28(39)32-22(16-18-25(36)37)27(38)33-23(29(40)42-4)19-21-13-9-6-10-14-21/h5-14,22-24,26,35H,15-19H2,1-4H3,(H,32,39)(H,33,38)(H,34,41)(H,36,37)/t22-,23-,24-,26-/m0/s1. The van der Waals surface area contributed by atoms with Gasteiger partial charge in [-0.1, -0.05) is 60.7 Å². The third-order valence-electron chi connectivity index (χ3n) is 6.28. The molecular formula is C31H41N3O9. The topological polar surface area (TPSA) is 180 Å². The third-order valence-corrected chi connectivity index (χ3v) is 6.28. The van der Waals surface area contributed by atoms with Crippen LogP contribution in [0.25, 0.3) is 0 Å². The van der Waals surface area contributed by atoms with E-state index in [1.165, 1.54) is 7.11 Å². The molecule has 0 aliphatic carbocycles. The van der Waals surface area contributed by atoms with E-state index < -0.39 is 66.1 Å². The van der Waals surface area contributed by atoms with Crippen molar-refractivity contribution in [3.8, 4) is 0 Å². The number of esters is 1. The lowest BCUT2D eigenvalue weighted by Crippen LogP contribution is -2.59. The zero-order chi connectivity index (χ0) is 32.0. The third kappa shape index (κ3) is 12.9. The highest BCUT2D eigenvalue weighted by molar-refractivity contribution is 5.93. The molecule has 0 aromatic heterocycles. The summed E-state index contributed by atoms with van der Waals surface area (Å²) in [5.74, 6) is -3.72. The first-order chi connectivity index (χ1) is 20.3. The van der Waals surface area contributed by atoms with Gasteiger partial charge < -0.3 is 35.6 Å². The average molecular weight is 600 g/mol. The number of benzene rings is 2. The lowest BCUT2D eigenvalue weighted by molar-refractivity contribution is -0.145. The minimum atomic E-state index is -1.54. The number of aliphatic hydroxyl groups is 1. The van der Waals surface area contributed by atoms with Crippen LogP contribution in [-0.2, 0) is 41.5 Å². The van der Waals surface area contributed by atoms with Crippen LogP contribution in [-0.4, -0.2) is 77.0 Å². The van der Waals surface area contributed by atoms with Crippen LogP contribution in [0.15, 0.2) is 60.7 Å².